The molecule has 0 saturated carbocycles. The number of esters is 1. The molecular weight excluding hydrogens is 548 g/mol. The predicted molar refractivity (Wildman–Crippen MR) is 172 cm³/mol. The quantitative estimate of drug-likeness (QED) is 0.147. The van der Waals surface area contributed by atoms with Gasteiger partial charge in [0.2, 0.25) is 6.79 Å². The number of nitrogens with zero attached hydrogens (tertiary/aromatic N) is 2. The van der Waals surface area contributed by atoms with Crippen molar-refractivity contribution in [2.75, 3.05) is 55.6 Å². The lowest BCUT2D eigenvalue weighted by atomic mass is 9.92. The smallest absolute Gasteiger partial charge is 0.412 e. The average molecular weight is 599 g/mol. The third kappa shape index (κ3) is 12.5. The highest BCUT2D eigenvalue weighted by atomic mass is 16.7. The van der Waals surface area contributed by atoms with Crippen LogP contribution in [0.2, 0.25) is 0 Å². The fourth-order valence-electron chi connectivity index (χ4n) is 4.67. The van der Waals surface area contributed by atoms with Gasteiger partial charge in [-0.15, -0.1) is 0 Å². The van der Waals surface area contributed by atoms with Crippen LogP contribution >= 0.6 is 0 Å². The summed E-state index contributed by atoms with van der Waals surface area (Å²) in [7, 11) is 1.55. The van der Waals surface area contributed by atoms with Crippen molar-refractivity contribution in [1.82, 2.24) is 4.90 Å². The number of anilines is 3. The van der Waals surface area contributed by atoms with Crippen molar-refractivity contribution in [1.29, 1.82) is 0 Å². The number of hydrogen-bond donors (Lipinski definition) is 3. The number of benzene rings is 2. The lowest BCUT2D eigenvalue weighted by molar-refractivity contribution is -0.152. The molecule has 0 bridgehead atoms. The summed E-state index contributed by atoms with van der Waals surface area (Å²) in [6.07, 6.45) is 0.551. The number of hydrogen-bond acceptors (Lipinski definition) is 7. The SMILES string of the molecule is CCC(CC(=O)OCOC(=O)N(C)CCCO)c1ccc(N(CC(C)C)CC(C)C)c(NC(=O)Nc2ccc(C)cc2)c1. The lowest BCUT2D eigenvalue weighted by Crippen LogP contribution is -2.32. The van der Waals surface area contributed by atoms with Crippen molar-refractivity contribution in [2.45, 2.75) is 66.7 Å². The third-order valence-electron chi connectivity index (χ3n) is 6.83. The molecule has 0 aliphatic carbocycles. The third-order valence-corrected chi connectivity index (χ3v) is 6.83. The van der Waals surface area contributed by atoms with E-state index in [-0.39, 0.29) is 25.0 Å². The summed E-state index contributed by atoms with van der Waals surface area (Å²) in [4.78, 5) is 41.4. The van der Waals surface area contributed by atoms with Gasteiger partial charge < -0.3 is 35.0 Å². The maximum absolute atomic E-state index is 13.1. The summed E-state index contributed by atoms with van der Waals surface area (Å²) in [5.74, 6) is 0.159. The van der Waals surface area contributed by atoms with E-state index in [2.05, 4.69) is 43.2 Å². The molecular formula is C33H50N4O6. The first-order valence-electron chi connectivity index (χ1n) is 15.1. The molecule has 2 rings (SSSR count). The van der Waals surface area contributed by atoms with Crippen LogP contribution in [0.4, 0.5) is 26.7 Å². The Balaban J connectivity index is 2.23. The number of ether oxygens (including phenoxy) is 2. The first-order chi connectivity index (χ1) is 20.4. The maximum atomic E-state index is 13.1. The average Bonchev–Trinajstić information content (AvgIpc) is 2.94. The molecule has 10 nitrogen and oxygen atoms in total. The zero-order valence-corrected chi connectivity index (χ0v) is 26.8. The van der Waals surface area contributed by atoms with Crippen molar-refractivity contribution in [3.63, 3.8) is 0 Å². The highest BCUT2D eigenvalue weighted by molar-refractivity contribution is 6.02. The molecule has 238 valence electrons. The van der Waals surface area contributed by atoms with Gasteiger partial charge in [0, 0.05) is 39.0 Å². The summed E-state index contributed by atoms with van der Waals surface area (Å²) in [6, 6.07) is 13.2. The largest absolute Gasteiger partial charge is 0.428 e. The van der Waals surface area contributed by atoms with Gasteiger partial charge in [-0.05, 0) is 67.3 Å². The normalized spacial score (nSPS) is 11.7. The van der Waals surface area contributed by atoms with E-state index in [4.69, 9.17) is 14.6 Å². The number of aliphatic hydroxyl groups is 1. The number of carbonyl (C=O) groups is 3. The lowest BCUT2D eigenvalue weighted by Gasteiger charge is -2.31. The van der Waals surface area contributed by atoms with Gasteiger partial charge in [-0.3, -0.25) is 4.79 Å². The molecule has 0 radical (unpaired) electrons. The van der Waals surface area contributed by atoms with Crippen LogP contribution in [-0.4, -0.2) is 68.2 Å². The van der Waals surface area contributed by atoms with Gasteiger partial charge in [-0.1, -0.05) is 58.4 Å². The van der Waals surface area contributed by atoms with Crippen LogP contribution in [-0.2, 0) is 14.3 Å². The number of carbonyl (C=O) groups excluding carboxylic acids is 3. The zero-order chi connectivity index (χ0) is 31.9. The second-order valence-electron chi connectivity index (χ2n) is 11.8. The van der Waals surface area contributed by atoms with Gasteiger partial charge in [0.05, 0.1) is 17.8 Å². The molecule has 2 aromatic carbocycles. The van der Waals surface area contributed by atoms with E-state index in [1.54, 1.807) is 7.05 Å². The van der Waals surface area contributed by atoms with E-state index in [1.807, 2.05) is 56.3 Å². The van der Waals surface area contributed by atoms with Crippen LogP contribution in [0.3, 0.4) is 0 Å². The van der Waals surface area contributed by atoms with Crippen LogP contribution in [0.25, 0.3) is 0 Å². The molecule has 0 aliphatic heterocycles. The van der Waals surface area contributed by atoms with Crippen molar-refractivity contribution >= 4 is 35.2 Å². The van der Waals surface area contributed by atoms with Gasteiger partial charge in [0.15, 0.2) is 0 Å². The monoisotopic (exact) mass is 598 g/mol. The molecule has 0 aliphatic rings. The van der Waals surface area contributed by atoms with Crippen LogP contribution in [0.1, 0.15) is 70.9 Å². The fourth-order valence-corrected chi connectivity index (χ4v) is 4.67. The molecule has 0 heterocycles. The number of aryl methyl sites for hydroxylation is 1. The van der Waals surface area contributed by atoms with Crippen LogP contribution < -0.4 is 15.5 Å². The van der Waals surface area contributed by atoms with Crippen LogP contribution in [0, 0.1) is 18.8 Å². The Morgan fingerprint density at radius 1 is 0.930 bits per heavy atom. The zero-order valence-electron chi connectivity index (χ0n) is 26.8. The number of aliphatic hydroxyl groups excluding tert-OH is 1. The van der Waals surface area contributed by atoms with Crippen LogP contribution in [0.15, 0.2) is 42.5 Å². The first-order valence-corrected chi connectivity index (χ1v) is 15.1. The molecule has 1 atom stereocenters. The van der Waals surface area contributed by atoms with E-state index in [1.165, 1.54) is 4.90 Å². The summed E-state index contributed by atoms with van der Waals surface area (Å²) in [6.45, 7) is 14.1. The summed E-state index contributed by atoms with van der Waals surface area (Å²) in [5, 5.41) is 14.9. The molecule has 0 spiro atoms. The molecule has 2 aromatic rings. The molecule has 0 aromatic heterocycles. The highest BCUT2D eigenvalue weighted by Gasteiger charge is 2.21. The second kappa shape index (κ2) is 18.0. The van der Waals surface area contributed by atoms with Crippen molar-refractivity contribution < 1.29 is 29.0 Å². The molecule has 3 amide bonds. The highest BCUT2D eigenvalue weighted by Crippen LogP contribution is 2.34. The number of nitrogens with one attached hydrogen (secondary N) is 2. The molecule has 0 fully saturated rings. The number of urea groups is 1. The first kappa shape index (κ1) is 35.4. The maximum Gasteiger partial charge on any atom is 0.412 e. The van der Waals surface area contributed by atoms with Crippen molar-refractivity contribution in [3.8, 4) is 0 Å². The van der Waals surface area contributed by atoms with E-state index < -0.39 is 18.9 Å². The minimum Gasteiger partial charge on any atom is -0.428 e. The second-order valence-corrected chi connectivity index (χ2v) is 11.8. The molecule has 1 unspecified atom stereocenters. The Bertz CT molecular complexity index is 1160. The van der Waals surface area contributed by atoms with E-state index >= 15 is 0 Å². The van der Waals surface area contributed by atoms with Gasteiger partial charge in [-0.2, -0.15) is 0 Å². The van der Waals surface area contributed by atoms with Gasteiger partial charge >= 0.3 is 18.1 Å². The van der Waals surface area contributed by atoms with Gasteiger partial charge in [0.25, 0.3) is 0 Å². The summed E-state index contributed by atoms with van der Waals surface area (Å²) in [5.41, 5.74) is 4.27. The Hall–Kier alpha value is -3.79. The molecule has 0 saturated heterocycles. The Morgan fingerprint density at radius 3 is 2.16 bits per heavy atom. The summed E-state index contributed by atoms with van der Waals surface area (Å²) >= 11 is 0. The molecule has 43 heavy (non-hydrogen) atoms. The van der Waals surface area contributed by atoms with E-state index in [0.717, 1.165) is 29.9 Å². The van der Waals surface area contributed by atoms with E-state index in [0.29, 0.717) is 42.6 Å². The van der Waals surface area contributed by atoms with E-state index in [9.17, 15) is 14.4 Å². The van der Waals surface area contributed by atoms with Gasteiger partial charge in [-0.25, -0.2) is 9.59 Å². The minimum atomic E-state index is -0.629. The Kier molecular flexibility index (Phi) is 14.8. The molecule has 10 heteroatoms. The summed E-state index contributed by atoms with van der Waals surface area (Å²) < 4.78 is 10.2. The standard InChI is InChI=1S/C33H50N4O6/c1-8-26(19-31(39)42-22-43-33(41)36(7)16-9-17-38)27-12-15-30(37(20-23(2)3)21-24(4)5)29(18-27)35-32(40)34-28-13-10-25(6)11-14-28/h10-15,18,23-24,26,38H,8-9,16-17,19-22H2,1-7H3,(H2,34,35,40). The fraction of sp³-hybridized carbons (Fsp3) is 0.545. The van der Waals surface area contributed by atoms with Crippen molar-refractivity contribution in [2.24, 2.45) is 11.8 Å². The number of rotatable bonds is 16. The topological polar surface area (TPSA) is 120 Å². The molecule has 3 N–H and O–H groups in total. The Labute approximate surface area is 256 Å². The van der Waals surface area contributed by atoms with Crippen LogP contribution in [0.5, 0.6) is 0 Å². The predicted octanol–water partition coefficient (Wildman–Crippen LogP) is 6.59. The Morgan fingerprint density at radius 2 is 1.58 bits per heavy atom. The minimum absolute atomic E-state index is 0.0336. The van der Waals surface area contributed by atoms with Gasteiger partial charge in [0.1, 0.15) is 0 Å². The number of amides is 3. The van der Waals surface area contributed by atoms with Crippen molar-refractivity contribution in [3.05, 3.63) is 53.6 Å².